The Kier molecular flexibility index (Phi) is 4.87. The van der Waals surface area contributed by atoms with Crippen LogP contribution < -0.4 is 4.72 Å². The Morgan fingerprint density at radius 1 is 1.28 bits per heavy atom. The Labute approximate surface area is 169 Å². The largest absolute Gasteiger partial charge is 0.346 e. The molecule has 7 nitrogen and oxygen atoms in total. The summed E-state index contributed by atoms with van der Waals surface area (Å²) in [6.07, 6.45) is 7.63. The van der Waals surface area contributed by atoms with Crippen molar-refractivity contribution in [3.63, 3.8) is 0 Å². The minimum Gasteiger partial charge on any atom is -0.346 e. The van der Waals surface area contributed by atoms with Crippen molar-refractivity contribution in [2.24, 2.45) is 0 Å². The molecule has 0 saturated carbocycles. The van der Waals surface area contributed by atoms with Crippen LogP contribution in [0.5, 0.6) is 0 Å². The number of pyridine rings is 1. The molecule has 150 valence electrons. The zero-order chi connectivity index (χ0) is 20.6. The molecule has 0 aliphatic carbocycles. The number of sulfonamides is 1. The zero-order valence-electron chi connectivity index (χ0n) is 16.3. The minimum atomic E-state index is -3.41. The molecule has 0 atom stereocenters. The van der Waals surface area contributed by atoms with Gasteiger partial charge in [0.15, 0.2) is 0 Å². The van der Waals surface area contributed by atoms with Crippen molar-refractivity contribution in [1.82, 2.24) is 14.9 Å². The SMILES string of the molecule is Cc1ccc(C(=O)N2CC=C(c3c[nH]c4ncccc34)CC2)cc1NS(C)(=O)=O. The molecule has 3 heterocycles. The number of aryl methyl sites for hydroxylation is 1. The third-order valence-electron chi connectivity index (χ3n) is 5.07. The highest BCUT2D eigenvalue weighted by molar-refractivity contribution is 7.92. The zero-order valence-corrected chi connectivity index (χ0v) is 17.1. The van der Waals surface area contributed by atoms with E-state index in [1.165, 1.54) is 5.57 Å². The number of benzene rings is 1. The van der Waals surface area contributed by atoms with Gasteiger partial charge in [0.1, 0.15) is 5.65 Å². The van der Waals surface area contributed by atoms with Crippen LogP contribution in [0.3, 0.4) is 0 Å². The summed E-state index contributed by atoms with van der Waals surface area (Å²) in [7, 11) is -3.41. The highest BCUT2D eigenvalue weighted by Crippen LogP contribution is 2.29. The van der Waals surface area contributed by atoms with Crippen molar-refractivity contribution in [2.75, 3.05) is 24.1 Å². The van der Waals surface area contributed by atoms with E-state index < -0.39 is 10.0 Å². The molecular weight excluding hydrogens is 388 g/mol. The first-order valence-corrected chi connectivity index (χ1v) is 11.2. The van der Waals surface area contributed by atoms with Crippen LogP contribution in [-0.2, 0) is 10.0 Å². The molecule has 0 saturated heterocycles. The van der Waals surface area contributed by atoms with E-state index in [-0.39, 0.29) is 5.91 Å². The predicted octanol–water partition coefficient (Wildman–Crippen LogP) is 3.17. The van der Waals surface area contributed by atoms with Gasteiger partial charge in [0, 0.05) is 42.0 Å². The summed E-state index contributed by atoms with van der Waals surface area (Å²) in [6, 6.07) is 9.04. The number of carbonyl (C=O) groups is 1. The van der Waals surface area contributed by atoms with Gasteiger partial charge in [-0.1, -0.05) is 12.1 Å². The van der Waals surface area contributed by atoms with Gasteiger partial charge in [0.25, 0.3) is 5.91 Å². The quantitative estimate of drug-likeness (QED) is 0.691. The molecule has 0 bridgehead atoms. The van der Waals surface area contributed by atoms with Gasteiger partial charge in [0.05, 0.1) is 11.9 Å². The molecule has 1 amide bonds. The molecule has 29 heavy (non-hydrogen) atoms. The monoisotopic (exact) mass is 410 g/mol. The van der Waals surface area contributed by atoms with Gasteiger partial charge in [-0.25, -0.2) is 13.4 Å². The van der Waals surface area contributed by atoms with Crippen LogP contribution in [-0.4, -0.2) is 48.5 Å². The van der Waals surface area contributed by atoms with Gasteiger partial charge in [-0.05, 0) is 48.7 Å². The summed E-state index contributed by atoms with van der Waals surface area (Å²) in [5.41, 5.74) is 4.83. The number of fused-ring (bicyclic) bond motifs is 1. The summed E-state index contributed by atoms with van der Waals surface area (Å²) in [5, 5.41) is 1.08. The first-order chi connectivity index (χ1) is 13.8. The maximum atomic E-state index is 12.9. The predicted molar refractivity (Wildman–Crippen MR) is 114 cm³/mol. The fourth-order valence-corrected chi connectivity index (χ4v) is 4.19. The molecule has 0 radical (unpaired) electrons. The molecule has 0 spiro atoms. The minimum absolute atomic E-state index is 0.113. The van der Waals surface area contributed by atoms with Gasteiger partial charge < -0.3 is 9.88 Å². The Hall–Kier alpha value is -3.13. The van der Waals surface area contributed by atoms with Crippen LogP contribution in [0.4, 0.5) is 5.69 Å². The van der Waals surface area contributed by atoms with E-state index in [4.69, 9.17) is 0 Å². The smallest absolute Gasteiger partial charge is 0.254 e. The Balaban J connectivity index is 1.54. The molecule has 0 fully saturated rings. The van der Waals surface area contributed by atoms with Crippen LogP contribution in [0.15, 0.2) is 48.8 Å². The van der Waals surface area contributed by atoms with Gasteiger partial charge in [-0.3, -0.25) is 9.52 Å². The number of hydrogen-bond acceptors (Lipinski definition) is 4. The number of aromatic nitrogens is 2. The number of nitrogens with one attached hydrogen (secondary N) is 2. The lowest BCUT2D eigenvalue weighted by molar-refractivity contribution is 0.0773. The lowest BCUT2D eigenvalue weighted by atomic mass is 9.99. The van der Waals surface area contributed by atoms with Crippen molar-refractivity contribution in [3.8, 4) is 0 Å². The van der Waals surface area contributed by atoms with E-state index in [0.29, 0.717) is 24.3 Å². The van der Waals surface area contributed by atoms with Gasteiger partial charge in [-0.15, -0.1) is 0 Å². The van der Waals surface area contributed by atoms with Crippen LogP contribution in [0.1, 0.15) is 27.9 Å². The number of nitrogens with zero attached hydrogens (tertiary/aromatic N) is 2. The molecule has 3 aromatic rings. The molecule has 4 rings (SSSR count). The molecule has 1 aliphatic heterocycles. The lowest BCUT2D eigenvalue weighted by Gasteiger charge is -2.27. The number of rotatable bonds is 4. The topological polar surface area (TPSA) is 95.2 Å². The van der Waals surface area contributed by atoms with Gasteiger partial charge in [-0.2, -0.15) is 0 Å². The Bertz CT molecular complexity index is 1230. The fourth-order valence-electron chi connectivity index (χ4n) is 3.57. The second-order valence-corrected chi connectivity index (χ2v) is 8.98. The van der Waals surface area contributed by atoms with Crippen LogP contribution in [0.25, 0.3) is 16.6 Å². The van der Waals surface area contributed by atoms with Crippen molar-refractivity contribution in [2.45, 2.75) is 13.3 Å². The number of amides is 1. The molecule has 2 N–H and O–H groups in total. The van der Waals surface area contributed by atoms with Crippen molar-refractivity contribution < 1.29 is 13.2 Å². The first kappa shape index (κ1) is 19.2. The number of hydrogen-bond donors (Lipinski definition) is 2. The molecule has 8 heteroatoms. The van der Waals surface area contributed by atoms with E-state index in [9.17, 15) is 13.2 Å². The Morgan fingerprint density at radius 3 is 2.83 bits per heavy atom. The van der Waals surface area contributed by atoms with E-state index >= 15 is 0 Å². The second-order valence-electron chi connectivity index (χ2n) is 7.24. The number of carbonyl (C=O) groups excluding carboxylic acids is 1. The van der Waals surface area contributed by atoms with Crippen molar-refractivity contribution in [3.05, 3.63) is 65.5 Å². The summed E-state index contributed by atoms with van der Waals surface area (Å²) < 4.78 is 25.6. The third kappa shape index (κ3) is 4.02. The van der Waals surface area contributed by atoms with E-state index in [1.807, 2.05) is 18.3 Å². The van der Waals surface area contributed by atoms with E-state index in [2.05, 4.69) is 20.8 Å². The highest BCUT2D eigenvalue weighted by Gasteiger charge is 2.21. The van der Waals surface area contributed by atoms with Crippen molar-refractivity contribution in [1.29, 1.82) is 0 Å². The van der Waals surface area contributed by atoms with Crippen LogP contribution in [0.2, 0.25) is 0 Å². The average Bonchev–Trinajstić information content (AvgIpc) is 3.12. The Morgan fingerprint density at radius 2 is 2.10 bits per heavy atom. The lowest BCUT2D eigenvalue weighted by Crippen LogP contribution is -2.34. The fraction of sp³-hybridized carbons (Fsp3) is 0.238. The summed E-state index contributed by atoms with van der Waals surface area (Å²) in [5.74, 6) is -0.113. The molecule has 0 unspecified atom stereocenters. The number of anilines is 1. The molecule has 1 aliphatic rings. The number of aromatic amines is 1. The molecule has 2 aromatic heterocycles. The standard InChI is InChI=1S/C21H22N4O3S/c1-14-5-6-16(12-19(14)24-29(2,27)28)21(26)25-10-7-15(8-11-25)18-13-23-20-17(18)4-3-9-22-20/h3-7,9,12-13,24H,8,10-11H2,1-2H3,(H,22,23). The second kappa shape index (κ2) is 7.36. The van der Waals surface area contributed by atoms with E-state index in [0.717, 1.165) is 34.8 Å². The van der Waals surface area contributed by atoms with Crippen LogP contribution >= 0.6 is 0 Å². The first-order valence-electron chi connectivity index (χ1n) is 9.31. The van der Waals surface area contributed by atoms with Crippen LogP contribution in [0, 0.1) is 6.92 Å². The summed E-state index contributed by atoms with van der Waals surface area (Å²) in [4.78, 5) is 22.2. The third-order valence-corrected chi connectivity index (χ3v) is 5.66. The number of H-pyrrole nitrogens is 1. The van der Waals surface area contributed by atoms with Gasteiger partial charge >= 0.3 is 0 Å². The normalized spacial score (nSPS) is 14.7. The average molecular weight is 410 g/mol. The molecule has 1 aromatic carbocycles. The molecular formula is C21H22N4O3S. The highest BCUT2D eigenvalue weighted by atomic mass is 32.2. The summed E-state index contributed by atoms with van der Waals surface area (Å²) >= 11 is 0. The maximum absolute atomic E-state index is 12.9. The van der Waals surface area contributed by atoms with Crippen molar-refractivity contribution >= 4 is 38.2 Å². The maximum Gasteiger partial charge on any atom is 0.254 e. The van der Waals surface area contributed by atoms with E-state index in [1.54, 1.807) is 36.2 Å². The summed E-state index contributed by atoms with van der Waals surface area (Å²) in [6.45, 7) is 2.90. The van der Waals surface area contributed by atoms with Gasteiger partial charge in [0.2, 0.25) is 10.0 Å².